The molecule has 1 rings (SSSR count). The Kier molecular flexibility index (Phi) is 2.49. The first-order valence-corrected chi connectivity index (χ1v) is 4.01. The molecule has 0 saturated carbocycles. The Balaban J connectivity index is 2.57. The molecular weight excluding hydrogens is 177 g/mol. The highest BCUT2D eigenvalue weighted by atomic mass is 32.2. The summed E-state index contributed by atoms with van der Waals surface area (Å²) in [5.41, 5.74) is 0. The second kappa shape index (κ2) is 3.06. The van der Waals surface area contributed by atoms with Gasteiger partial charge in [0.1, 0.15) is 5.25 Å². The number of rotatable bonds is 0. The average molecular weight is 184 g/mol. The predicted molar refractivity (Wildman–Crippen MR) is 37.2 cm³/mol. The molecule has 1 aliphatic heterocycles. The van der Waals surface area contributed by atoms with Gasteiger partial charge in [0.05, 0.1) is 6.10 Å². The number of halogens is 3. The minimum absolute atomic E-state index is 0.231. The molecule has 0 aromatic carbocycles. The minimum Gasteiger partial charge on any atom is -0.389 e. The smallest absolute Gasteiger partial charge is 0.389 e. The number of hydrogen-bond donors (Lipinski definition) is 1. The van der Waals surface area contributed by atoms with E-state index in [-0.39, 0.29) is 6.42 Å². The Morgan fingerprint density at radius 2 is 2.09 bits per heavy atom. The Labute approximate surface area is 66.3 Å². The molecule has 0 spiro atoms. The fourth-order valence-electron chi connectivity index (χ4n) is 0.795. The molecule has 1 N–H and O–H groups in total. The number of hydrogen-bond acceptors (Lipinski definition) is 2. The van der Waals surface area contributed by atoms with Gasteiger partial charge in [0.15, 0.2) is 0 Å². The monoisotopic (exact) mass is 184 g/mol. The van der Waals surface area contributed by atoms with Crippen LogP contribution >= 0.6 is 11.8 Å². The van der Waals surface area contributed by atoms with Crippen molar-refractivity contribution in [2.75, 3.05) is 0 Å². The molecule has 0 aromatic heterocycles. The van der Waals surface area contributed by atoms with E-state index in [1.165, 1.54) is 11.5 Å². The first-order valence-electron chi connectivity index (χ1n) is 3.07. The van der Waals surface area contributed by atoms with E-state index < -0.39 is 17.5 Å². The molecule has 0 fully saturated rings. The Bertz CT molecular complexity index is 166. The van der Waals surface area contributed by atoms with Crippen LogP contribution in [0.3, 0.4) is 0 Å². The summed E-state index contributed by atoms with van der Waals surface area (Å²) in [5.74, 6) is 0. The highest BCUT2D eigenvalue weighted by Gasteiger charge is 2.41. The summed E-state index contributed by atoms with van der Waals surface area (Å²) in [4.78, 5) is 0. The van der Waals surface area contributed by atoms with Crippen molar-refractivity contribution in [2.24, 2.45) is 0 Å². The molecule has 64 valence electrons. The van der Waals surface area contributed by atoms with E-state index in [0.717, 1.165) is 0 Å². The fourth-order valence-corrected chi connectivity index (χ4v) is 1.72. The van der Waals surface area contributed by atoms with Gasteiger partial charge in [-0.3, -0.25) is 0 Å². The molecule has 0 saturated heterocycles. The normalized spacial score (nSPS) is 32.4. The van der Waals surface area contributed by atoms with Crippen LogP contribution < -0.4 is 0 Å². The minimum atomic E-state index is -4.20. The largest absolute Gasteiger partial charge is 0.400 e. The molecule has 0 bridgehead atoms. The first-order chi connectivity index (χ1) is 5.00. The van der Waals surface area contributed by atoms with Crippen molar-refractivity contribution in [1.29, 1.82) is 0 Å². The molecule has 1 aliphatic rings. The quantitative estimate of drug-likeness (QED) is 0.620. The molecule has 0 unspecified atom stereocenters. The first kappa shape index (κ1) is 8.93. The number of alkyl halides is 3. The van der Waals surface area contributed by atoms with Crippen molar-refractivity contribution in [3.63, 3.8) is 0 Å². The van der Waals surface area contributed by atoms with Crippen molar-refractivity contribution in [3.05, 3.63) is 11.5 Å². The lowest BCUT2D eigenvalue weighted by Gasteiger charge is -2.22. The highest BCUT2D eigenvalue weighted by Crippen LogP contribution is 2.36. The second-order valence-corrected chi connectivity index (χ2v) is 3.41. The van der Waals surface area contributed by atoms with E-state index >= 15 is 0 Å². The zero-order chi connectivity index (χ0) is 8.48. The van der Waals surface area contributed by atoms with Crippen molar-refractivity contribution >= 4 is 11.8 Å². The van der Waals surface area contributed by atoms with Gasteiger partial charge in [-0.05, 0) is 17.9 Å². The van der Waals surface area contributed by atoms with E-state index in [1.54, 1.807) is 0 Å². The van der Waals surface area contributed by atoms with Crippen LogP contribution in [0, 0.1) is 0 Å². The summed E-state index contributed by atoms with van der Waals surface area (Å²) >= 11 is 0.708. The van der Waals surface area contributed by atoms with Crippen LogP contribution in [-0.2, 0) is 0 Å². The van der Waals surface area contributed by atoms with E-state index in [2.05, 4.69) is 0 Å². The third-order valence-corrected chi connectivity index (χ3v) is 2.47. The average Bonchev–Trinajstić information content (AvgIpc) is 1.86. The molecule has 0 aliphatic carbocycles. The van der Waals surface area contributed by atoms with E-state index in [0.29, 0.717) is 11.8 Å². The van der Waals surface area contributed by atoms with Crippen LogP contribution in [0.15, 0.2) is 11.5 Å². The van der Waals surface area contributed by atoms with Crippen LogP contribution in [0.25, 0.3) is 0 Å². The van der Waals surface area contributed by atoms with Crippen LogP contribution in [0.5, 0.6) is 0 Å². The summed E-state index contributed by atoms with van der Waals surface area (Å²) in [5, 5.41) is 8.70. The van der Waals surface area contributed by atoms with Crippen LogP contribution in [0.4, 0.5) is 13.2 Å². The number of aliphatic hydroxyl groups is 1. The zero-order valence-corrected chi connectivity index (χ0v) is 6.32. The lowest BCUT2D eigenvalue weighted by Crippen LogP contribution is -2.30. The van der Waals surface area contributed by atoms with E-state index in [9.17, 15) is 13.2 Å². The molecule has 5 heteroatoms. The van der Waals surface area contributed by atoms with Gasteiger partial charge in [-0.15, -0.1) is 11.8 Å². The molecule has 0 aromatic rings. The predicted octanol–water partition coefficient (Wildman–Crippen LogP) is 1.93. The van der Waals surface area contributed by atoms with E-state index in [4.69, 9.17) is 5.11 Å². The lowest BCUT2D eigenvalue weighted by atomic mass is 10.2. The maximum atomic E-state index is 11.9. The van der Waals surface area contributed by atoms with E-state index in [1.807, 2.05) is 0 Å². The summed E-state index contributed by atoms with van der Waals surface area (Å²) in [6, 6.07) is 0. The second-order valence-electron chi connectivity index (χ2n) is 2.30. The summed E-state index contributed by atoms with van der Waals surface area (Å²) < 4.78 is 35.8. The van der Waals surface area contributed by atoms with Gasteiger partial charge in [0, 0.05) is 0 Å². The lowest BCUT2D eigenvalue weighted by molar-refractivity contribution is -0.133. The van der Waals surface area contributed by atoms with Crippen molar-refractivity contribution < 1.29 is 18.3 Å². The van der Waals surface area contributed by atoms with Crippen LogP contribution in [0.2, 0.25) is 0 Å². The third kappa shape index (κ3) is 2.41. The van der Waals surface area contributed by atoms with Crippen molar-refractivity contribution in [1.82, 2.24) is 0 Å². The Morgan fingerprint density at radius 3 is 2.45 bits per heavy atom. The molecule has 0 amide bonds. The molecule has 2 atom stereocenters. The van der Waals surface area contributed by atoms with Crippen molar-refractivity contribution in [2.45, 2.75) is 24.0 Å². The van der Waals surface area contributed by atoms with Gasteiger partial charge < -0.3 is 5.11 Å². The van der Waals surface area contributed by atoms with Crippen LogP contribution in [-0.4, -0.2) is 22.6 Å². The van der Waals surface area contributed by atoms with Crippen molar-refractivity contribution in [3.8, 4) is 0 Å². The maximum absolute atomic E-state index is 11.9. The van der Waals surface area contributed by atoms with Gasteiger partial charge >= 0.3 is 6.18 Å². The highest BCUT2D eigenvalue weighted by molar-refractivity contribution is 8.02. The Morgan fingerprint density at radius 1 is 1.45 bits per heavy atom. The fraction of sp³-hybridized carbons (Fsp3) is 0.667. The molecule has 11 heavy (non-hydrogen) atoms. The van der Waals surface area contributed by atoms with Gasteiger partial charge in [0.2, 0.25) is 0 Å². The topological polar surface area (TPSA) is 20.2 Å². The summed E-state index contributed by atoms with van der Waals surface area (Å²) in [6.07, 6.45) is -4.00. The third-order valence-electron chi connectivity index (χ3n) is 1.36. The van der Waals surface area contributed by atoms with Gasteiger partial charge in [-0.25, -0.2) is 0 Å². The van der Waals surface area contributed by atoms with Gasteiger partial charge in [-0.1, -0.05) is 0 Å². The maximum Gasteiger partial charge on any atom is 0.400 e. The molecule has 0 radical (unpaired) electrons. The summed E-state index contributed by atoms with van der Waals surface area (Å²) in [7, 11) is 0. The standard InChI is InChI=1S/C6H7F3OS/c7-6(8,9)5-3-4(10)1-2-11-5/h1-2,4-5,10H,3H2/t4-,5+/m1/s1. The molecule has 1 heterocycles. The van der Waals surface area contributed by atoms with Gasteiger partial charge in [0.25, 0.3) is 0 Å². The number of aliphatic hydroxyl groups excluding tert-OH is 1. The summed E-state index contributed by atoms with van der Waals surface area (Å²) in [6.45, 7) is 0. The molecule has 1 nitrogen and oxygen atoms in total. The SMILES string of the molecule is O[C@@H]1C=CS[C@H](C(F)(F)F)C1. The Hall–Kier alpha value is -0.160. The van der Waals surface area contributed by atoms with Gasteiger partial charge in [-0.2, -0.15) is 13.2 Å². The zero-order valence-electron chi connectivity index (χ0n) is 5.51. The number of thioether (sulfide) groups is 1. The van der Waals surface area contributed by atoms with Crippen LogP contribution in [0.1, 0.15) is 6.42 Å². The molecular formula is C6H7F3OS.